The molecule has 0 saturated carbocycles. The number of nitrogens with zero attached hydrogens (tertiary/aromatic N) is 1. The predicted octanol–water partition coefficient (Wildman–Crippen LogP) is 4.10. The molecule has 0 aliphatic heterocycles. The van der Waals surface area contributed by atoms with Crippen molar-refractivity contribution in [1.29, 1.82) is 0 Å². The second-order valence-electron chi connectivity index (χ2n) is 5.72. The minimum absolute atomic E-state index is 0.370. The number of aryl methyl sites for hydroxylation is 1. The number of benzene rings is 2. The number of hydrogen-bond donors (Lipinski definition) is 1. The van der Waals surface area contributed by atoms with Gasteiger partial charge in [-0.05, 0) is 49.7 Å². The minimum atomic E-state index is -3.67. The maximum absolute atomic E-state index is 12.6. The predicted molar refractivity (Wildman–Crippen MR) is 103 cm³/mol. The second-order valence-corrected chi connectivity index (χ2v) is 8.45. The van der Waals surface area contributed by atoms with Crippen molar-refractivity contribution in [3.63, 3.8) is 0 Å². The van der Waals surface area contributed by atoms with Gasteiger partial charge >= 0.3 is 0 Å². The topological polar surface area (TPSA) is 66.5 Å². The Hall–Kier alpha value is -1.76. The van der Waals surface area contributed by atoms with E-state index < -0.39 is 22.0 Å². The van der Waals surface area contributed by atoms with E-state index in [2.05, 4.69) is 5.32 Å². The van der Waals surface area contributed by atoms with E-state index in [4.69, 9.17) is 23.2 Å². The molecule has 134 valence electrons. The minimum Gasteiger partial charge on any atom is -0.324 e. The summed E-state index contributed by atoms with van der Waals surface area (Å²) in [4.78, 5) is 12.6. The fraction of sp³-hybridized carbons (Fsp3) is 0.235. The molecule has 5 nitrogen and oxygen atoms in total. The van der Waals surface area contributed by atoms with Crippen molar-refractivity contribution >= 4 is 50.5 Å². The molecule has 0 spiro atoms. The quantitative estimate of drug-likeness (QED) is 0.821. The van der Waals surface area contributed by atoms with Gasteiger partial charge in [0.25, 0.3) is 0 Å². The Morgan fingerprint density at radius 2 is 1.72 bits per heavy atom. The summed E-state index contributed by atoms with van der Waals surface area (Å²) in [5.74, 6) is -0.495. The van der Waals surface area contributed by atoms with Gasteiger partial charge in [0, 0.05) is 15.7 Å². The lowest BCUT2D eigenvalue weighted by Crippen LogP contribution is -2.45. The third-order valence-corrected chi connectivity index (χ3v) is 5.15. The summed E-state index contributed by atoms with van der Waals surface area (Å²) in [6, 6.07) is 10.6. The monoisotopic (exact) mass is 400 g/mol. The molecule has 2 rings (SSSR count). The van der Waals surface area contributed by atoms with E-state index in [1.807, 2.05) is 13.0 Å². The molecular weight excluding hydrogens is 383 g/mol. The van der Waals surface area contributed by atoms with E-state index in [1.165, 1.54) is 25.1 Å². The van der Waals surface area contributed by atoms with Crippen molar-refractivity contribution < 1.29 is 13.2 Å². The van der Waals surface area contributed by atoms with Crippen LogP contribution < -0.4 is 9.62 Å². The van der Waals surface area contributed by atoms with Gasteiger partial charge in [0.15, 0.2) is 0 Å². The van der Waals surface area contributed by atoms with E-state index in [0.29, 0.717) is 21.4 Å². The number of sulfonamides is 1. The zero-order valence-electron chi connectivity index (χ0n) is 14.0. The number of hydrogen-bond acceptors (Lipinski definition) is 3. The summed E-state index contributed by atoms with van der Waals surface area (Å²) in [5.41, 5.74) is 1.71. The Bertz CT molecular complexity index is 880. The molecule has 0 aliphatic carbocycles. The van der Waals surface area contributed by atoms with Crippen LogP contribution in [0.2, 0.25) is 10.0 Å². The van der Waals surface area contributed by atoms with Crippen LogP contribution in [0.3, 0.4) is 0 Å². The summed E-state index contributed by atoms with van der Waals surface area (Å²) >= 11 is 11.8. The number of carbonyl (C=O) groups excluding carboxylic acids is 1. The van der Waals surface area contributed by atoms with Gasteiger partial charge in [-0.3, -0.25) is 9.10 Å². The van der Waals surface area contributed by atoms with Crippen molar-refractivity contribution in [2.24, 2.45) is 0 Å². The average molecular weight is 401 g/mol. The van der Waals surface area contributed by atoms with Gasteiger partial charge in [-0.25, -0.2) is 8.42 Å². The Morgan fingerprint density at radius 1 is 1.12 bits per heavy atom. The summed E-state index contributed by atoms with van der Waals surface area (Å²) in [6.45, 7) is 3.37. The van der Waals surface area contributed by atoms with Crippen LogP contribution in [-0.2, 0) is 14.8 Å². The van der Waals surface area contributed by atoms with Gasteiger partial charge < -0.3 is 5.32 Å². The molecule has 0 bridgehead atoms. The highest BCUT2D eigenvalue weighted by molar-refractivity contribution is 7.92. The normalized spacial score (nSPS) is 12.5. The van der Waals surface area contributed by atoms with Crippen molar-refractivity contribution in [2.45, 2.75) is 19.9 Å². The number of amides is 1. The molecule has 8 heteroatoms. The summed E-state index contributed by atoms with van der Waals surface area (Å²) in [6.07, 6.45) is 1.06. The lowest BCUT2D eigenvalue weighted by atomic mass is 10.2. The van der Waals surface area contributed by atoms with Crippen LogP contribution in [0.15, 0.2) is 42.5 Å². The zero-order chi connectivity index (χ0) is 18.8. The van der Waals surface area contributed by atoms with Gasteiger partial charge in [-0.1, -0.05) is 35.3 Å². The molecule has 0 aromatic heterocycles. The first-order valence-corrected chi connectivity index (χ1v) is 10.0. The van der Waals surface area contributed by atoms with E-state index in [9.17, 15) is 13.2 Å². The van der Waals surface area contributed by atoms with Crippen molar-refractivity contribution in [2.75, 3.05) is 15.9 Å². The highest BCUT2D eigenvalue weighted by Crippen LogP contribution is 2.25. The zero-order valence-corrected chi connectivity index (χ0v) is 16.3. The molecule has 1 amide bonds. The maximum atomic E-state index is 12.6. The average Bonchev–Trinajstić information content (AvgIpc) is 2.44. The van der Waals surface area contributed by atoms with E-state index in [0.717, 1.165) is 16.1 Å². The van der Waals surface area contributed by atoms with Crippen molar-refractivity contribution in [3.05, 3.63) is 58.1 Å². The molecular formula is C17H18Cl2N2O3S. The molecule has 0 aliphatic rings. The Balaban J connectivity index is 2.33. The molecule has 1 N–H and O–H groups in total. The highest BCUT2D eigenvalue weighted by Gasteiger charge is 2.29. The van der Waals surface area contributed by atoms with Crippen LogP contribution in [0.5, 0.6) is 0 Å². The molecule has 0 radical (unpaired) electrons. The molecule has 25 heavy (non-hydrogen) atoms. The third-order valence-electron chi connectivity index (χ3n) is 3.47. The largest absolute Gasteiger partial charge is 0.324 e. The highest BCUT2D eigenvalue weighted by atomic mass is 35.5. The molecule has 0 fully saturated rings. The fourth-order valence-electron chi connectivity index (χ4n) is 2.45. The smallest absolute Gasteiger partial charge is 0.247 e. The second kappa shape index (κ2) is 7.64. The Morgan fingerprint density at radius 3 is 2.24 bits per heavy atom. The van der Waals surface area contributed by atoms with Crippen LogP contribution in [0, 0.1) is 6.92 Å². The molecule has 0 unspecified atom stereocenters. The third kappa shape index (κ3) is 5.11. The van der Waals surface area contributed by atoms with Crippen LogP contribution >= 0.6 is 23.2 Å². The van der Waals surface area contributed by atoms with Crippen molar-refractivity contribution in [1.82, 2.24) is 0 Å². The molecule has 1 atom stereocenters. The first-order chi connectivity index (χ1) is 11.6. The molecule has 2 aromatic carbocycles. The van der Waals surface area contributed by atoms with E-state index in [1.54, 1.807) is 18.2 Å². The van der Waals surface area contributed by atoms with Crippen molar-refractivity contribution in [3.8, 4) is 0 Å². The Labute approximate surface area is 157 Å². The number of anilines is 2. The number of rotatable bonds is 5. The van der Waals surface area contributed by atoms with Crippen LogP contribution in [0.4, 0.5) is 11.4 Å². The van der Waals surface area contributed by atoms with Gasteiger partial charge in [0.05, 0.1) is 11.9 Å². The van der Waals surface area contributed by atoms with Gasteiger partial charge in [-0.15, -0.1) is 0 Å². The summed E-state index contributed by atoms with van der Waals surface area (Å²) < 4.78 is 25.6. The summed E-state index contributed by atoms with van der Waals surface area (Å²) in [5, 5.41) is 3.39. The van der Waals surface area contributed by atoms with Gasteiger partial charge in [0.2, 0.25) is 15.9 Å². The summed E-state index contributed by atoms with van der Waals surface area (Å²) in [7, 11) is -3.67. The number of carbonyl (C=O) groups is 1. The van der Waals surface area contributed by atoms with E-state index in [-0.39, 0.29) is 0 Å². The maximum Gasteiger partial charge on any atom is 0.247 e. The first-order valence-electron chi connectivity index (χ1n) is 7.41. The molecule has 0 saturated heterocycles. The van der Waals surface area contributed by atoms with E-state index >= 15 is 0 Å². The standard InChI is InChI=1S/C17H18Cl2N2O3S/c1-11-5-4-6-16(7-11)21(25(3,23)24)12(2)17(22)20-15-9-13(18)8-14(19)10-15/h4-10,12H,1-3H3,(H,20,22)/t12-/m1/s1. The fourth-order valence-corrected chi connectivity index (χ4v) is 4.14. The van der Waals surface area contributed by atoms with Crippen LogP contribution in [0.25, 0.3) is 0 Å². The van der Waals surface area contributed by atoms with Gasteiger partial charge in [0.1, 0.15) is 6.04 Å². The molecule has 0 heterocycles. The lowest BCUT2D eigenvalue weighted by molar-refractivity contribution is -0.116. The van der Waals surface area contributed by atoms with Gasteiger partial charge in [-0.2, -0.15) is 0 Å². The van der Waals surface area contributed by atoms with Crippen LogP contribution in [0.1, 0.15) is 12.5 Å². The van der Waals surface area contributed by atoms with Crippen LogP contribution in [-0.4, -0.2) is 26.6 Å². The first kappa shape index (κ1) is 19.6. The lowest BCUT2D eigenvalue weighted by Gasteiger charge is -2.28. The number of nitrogens with one attached hydrogen (secondary N) is 1. The SMILES string of the molecule is Cc1cccc(N([C@H](C)C(=O)Nc2cc(Cl)cc(Cl)c2)S(C)(=O)=O)c1. The molecule has 2 aromatic rings. The Kier molecular flexibility index (Phi) is 5.98. The number of halogens is 2.